The molecule has 0 aliphatic rings. The monoisotopic (exact) mass is 215 g/mol. The van der Waals surface area contributed by atoms with Gasteiger partial charge in [0.2, 0.25) is 0 Å². The van der Waals surface area contributed by atoms with E-state index >= 15 is 0 Å². The number of rotatable bonds is 6. The fraction of sp³-hybridized carbons (Fsp3) is 0.467. The molecule has 0 aromatic heterocycles. The molecule has 1 N–H and O–H groups in total. The average Bonchev–Trinajstić information content (AvgIpc) is 2.29. The smallest absolute Gasteiger partial charge is 0.0243 e. The van der Waals surface area contributed by atoms with Gasteiger partial charge in [0.15, 0.2) is 0 Å². The molecule has 0 amide bonds. The Bertz CT molecular complexity index is 349. The van der Waals surface area contributed by atoms with Gasteiger partial charge in [-0.05, 0) is 37.4 Å². The number of aryl methyl sites for hydroxylation is 1. The van der Waals surface area contributed by atoms with E-state index in [-0.39, 0.29) is 0 Å². The molecule has 1 unspecified atom stereocenters. The largest absolute Gasteiger partial charge is 0.313 e. The molecule has 1 heteroatoms. The maximum absolute atomic E-state index is 5.40. The van der Waals surface area contributed by atoms with E-state index in [1.807, 2.05) is 0 Å². The summed E-state index contributed by atoms with van der Waals surface area (Å²) >= 11 is 0. The first-order chi connectivity index (χ1) is 7.77. The molecule has 86 valence electrons. The number of benzene rings is 1. The van der Waals surface area contributed by atoms with Crippen LogP contribution in [0.1, 0.15) is 30.9 Å². The minimum atomic E-state index is 0.408. The molecule has 0 fully saturated rings. The zero-order valence-electron chi connectivity index (χ0n) is 10.3. The second-order valence-electron chi connectivity index (χ2n) is 4.19. The van der Waals surface area contributed by atoms with Gasteiger partial charge in [0.1, 0.15) is 0 Å². The molecule has 1 nitrogen and oxygen atoms in total. The predicted molar refractivity (Wildman–Crippen MR) is 70.4 cm³/mol. The van der Waals surface area contributed by atoms with Crippen molar-refractivity contribution in [1.29, 1.82) is 0 Å². The van der Waals surface area contributed by atoms with Crippen LogP contribution in [-0.4, -0.2) is 12.6 Å². The van der Waals surface area contributed by atoms with Crippen LogP contribution in [0.5, 0.6) is 0 Å². The van der Waals surface area contributed by atoms with E-state index in [0.717, 1.165) is 25.8 Å². The maximum Gasteiger partial charge on any atom is 0.0243 e. The number of hydrogen-bond acceptors (Lipinski definition) is 1. The Morgan fingerprint density at radius 3 is 2.75 bits per heavy atom. The Morgan fingerprint density at radius 2 is 2.12 bits per heavy atom. The third-order valence-electron chi connectivity index (χ3n) is 2.77. The van der Waals surface area contributed by atoms with Gasteiger partial charge in [0.05, 0.1) is 0 Å². The lowest BCUT2D eigenvalue weighted by molar-refractivity contribution is 0.516. The van der Waals surface area contributed by atoms with E-state index in [1.165, 1.54) is 11.1 Å². The van der Waals surface area contributed by atoms with Crippen LogP contribution in [-0.2, 0) is 6.42 Å². The van der Waals surface area contributed by atoms with Crippen LogP contribution in [0.2, 0.25) is 0 Å². The highest BCUT2D eigenvalue weighted by Gasteiger charge is 2.08. The molecule has 0 radical (unpaired) electrons. The molecule has 0 saturated heterocycles. The van der Waals surface area contributed by atoms with E-state index in [0.29, 0.717) is 6.04 Å². The number of nitrogens with one attached hydrogen (secondary N) is 1. The zero-order chi connectivity index (χ0) is 11.8. The van der Waals surface area contributed by atoms with Crippen LogP contribution in [0.15, 0.2) is 24.3 Å². The van der Waals surface area contributed by atoms with Crippen LogP contribution in [0.25, 0.3) is 0 Å². The Balaban J connectivity index is 2.61. The Morgan fingerprint density at radius 1 is 1.38 bits per heavy atom. The van der Waals surface area contributed by atoms with Crippen LogP contribution < -0.4 is 5.32 Å². The standard InChI is InChI=1S/C15H21N/c1-4-8-15(16-11-5-2)12-14-10-7-6-9-13(14)3/h1,6-7,9-10,15-16H,5,8,11-12H2,2-3H3. The van der Waals surface area contributed by atoms with Crippen molar-refractivity contribution in [2.75, 3.05) is 6.54 Å². The van der Waals surface area contributed by atoms with Crippen molar-refractivity contribution < 1.29 is 0 Å². The molecule has 0 spiro atoms. The van der Waals surface area contributed by atoms with Gasteiger partial charge < -0.3 is 5.32 Å². The van der Waals surface area contributed by atoms with Crippen molar-refractivity contribution in [1.82, 2.24) is 5.32 Å². The van der Waals surface area contributed by atoms with Gasteiger partial charge in [-0.3, -0.25) is 0 Å². The summed E-state index contributed by atoms with van der Waals surface area (Å²) in [5, 5.41) is 3.50. The van der Waals surface area contributed by atoms with Crippen molar-refractivity contribution in [3.05, 3.63) is 35.4 Å². The summed E-state index contributed by atoms with van der Waals surface area (Å²) in [7, 11) is 0. The lowest BCUT2D eigenvalue weighted by Gasteiger charge is -2.17. The molecule has 0 aliphatic carbocycles. The van der Waals surface area contributed by atoms with Crippen molar-refractivity contribution in [3.8, 4) is 12.3 Å². The lowest BCUT2D eigenvalue weighted by atomic mass is 9.99. The van der Waals surface area contributed by atoms with Crippen LogP contribution >= 0.6 is 0 Å². The molecule has 0 heterocycles. The van der Waals surface area contributed by atoms with Gasteiger partial charge in [-0.15, -0.1) is 12.3 Å². The first-order valence-electron chi connectivity index (χ1n) is 5.99. The molecule has 1 aromatic rings. The van der Waals surface area contributed by atoms with E-state index in [1.54, 1.807) is 0 Å². The summed E-state index contributed by atoms with van der Waals surface area (Å²) < 4.78 is 0. The second kappa shape index (κ2) is 7.09. The number of hydrogen-bond donors (Lipinski definition) is 1. The summed E-state index contributed by atoms with van der Waals surface area (Å²) in [6.07, 6.45) is 8.38. The lowest BCUT2D eigenvalue weighted by Crippen LogP contribution is -2.31. The van der Waals surface area contributed by atoms with Gasteiger partial charge in [-0.25, -0.2) is 0 Å². The summed E-state index contributed by atoms with van der Waals surface area (Å²) in [6.45, 7) is 5.37. The summed E-state index contributed by atoms with van der Waals surface area (Å²) in [5.41, 5.74) is 2.74. The third kappa shape index (κ3) is 4.08. The molecule has 0 aliphatic heterocycles. The number of terminal acetylenes is 1. The molecular formula is C15H21N. The average molecular weight is 215 g/mol. The topological polar surface area (TPSA) is 12.0 Å². The van der Waals surface area contributed by atoms with Gasteiger partial charge in [-0.1, -0.05) is 31.2 Å². The van der Waals surface area contributed by atoms with Crippen LogP contribution in [0.3, 0.4) is 0 Å². The van der Waals surface area contributed by atoms with E-state index in [2.05, 4.69) is 49.4 Å². The minimum Gasteiger partial charge on any atom is -0.313 e. The highest BCUT2D eigenvalue weighted by atomic mass is 14.9. The van der Waals surface area contributed by atoms with Crippen LogP contribution in [0, 0.1) is 19.3 Å². The van der Waals surface area contributed by atoms with Crippen LogP contribution in [0.4, 0.5) is 0 Å². The fourth-order valence-corrected chi connectivity index (χ4v) is 1.81. The molecule has 1 aromatic carbocycles. The summed E-state index contributed by atoms with van der Waals surface area (Å²) in [5.74, 6) is 2.75. The minimum absolute atomic E-state index is 0.408. The molecule has 1 atom stereocenters. The predicted octanol–water partition coefficient (Wildman–Crippen LogP) is 2.93. The van der Waals surface area contributed by atoms with E-state index < -0.39 is 0 Å². The molecule has 1 rings (SSSR count). The first-order valence-corrected chi connectivity index (χ1v) is 5.99. The maximum atomic E-state index is 5.40. The molecule has 16 heavy (non-hydrogen) atoms. The van der Waals surface area contributed by atoms with E-state index in [4.69, 9.17) is 6.42 Å². The highest BCUT2D eigenvalue weighted by molar-refractivity contribution is 5.26. The Kier molecular flexibility index (Phi) is 5.67. The van der Waals surface area contributed by atoms with Crippen molar-refractivity contribution in [3.63, 3.8) is 0 Å². The molecule has 0 bridgehead atoms. The van der Waals surface area contributed by atoms with E-state index in [9.17, 15) is 0 Å². The fourth-order valence-electron chi connectivity index (χ4n) is 1.81. The van der Waals surface area contributed by atoms with Gasteiger partial charge in [0.25, 0.3) is 0 Å². The summed E-state index contributed by atoms with van der Waals surface area (Å²) in [4.78, 5) is 0. The third-order valence-corrected chi connectivity index (χ3v) is 2.77. The molecule has 0 saturated carbocycles. The Labute approximate surface area is 99.3 Å². The summed E-state index contributed by atoms with van der Waals surface area (Å²) in [6, 6.07) is 8.92. The van der Waals surface area contributed by atoms with Gasteiger partial charge in [0, 0.05) is 12.5 Å². The second-order valence-corrected chi connectivity index (χ2v) is 4.19. The van der Waals surface area contributed by atoms with Crippen molar-refractivity contribution in [2.45, 2.75) is 39.2 Å². The first kappa shape index (κ1) is 12.8. The highest BCUT2D eigenvalue weighted by Crippen LogP contribution is 2.11. The van der Waals surface area contributed by atoms with Gasteiger partial charge in [-0.2, -0.15) is 0 Å². The van der Waals surface area contributed by atoms with Crippen molar-refractivity contribution >= 4 is 0 Å². The Hall–Kier alpha value is -1.26. The SMILES string of the molecule is C#CCC(Cc1ccccc1C)NCCC. The normalized spacial score (nSPS) is 12.1. The molecular weight excluding hydrogens is 194 g/mol. The van der Waals surface area contributed by atoms with Crippen molar-refractivity contribution in [2.24, 2.45) is 0 Å². The quantitative estimate of drug-likeness (QED) is 0.719. The zero-order valence-corrected chi connectivity index (χ0v) is 10.3. The van der Waals surface area contributed by atoms with Gasteiger partial charge >= 0.3 is 0 Å².